The van der Waals surface area contributed by atoms with E-state index in [9.17, 15) is 4.39 Å². The van der Waals surface area contributed by atoms with Gasteiger partial charge in [-0.05, 0) is 18.6 Å². The third kappa shape index (κ3) is 3.07. The predicted molar refractivity (Wildman–Crippen MR) is 40.2 cm³/mol. The number of rotatable bonds is 3. The van der Waals surface area contributed by atoms with E-state index in [1.807, 2.05) is 0 Å². The van der Waals surface area contributed by atoms with Crippen LogP contribution in [0.5, 0.6) is 0 Å². The molecular formula is C8H11FO. The summed E-state index contributed by atoms with van der Waals surface area (Å²) in [5, 5.41) is 0. The van der Waals surface area contributed by atoms with Crippen molar-refractivity contribution in [1.29, 1.82) is 0 Å². The highest BCUT2D eigenvalue weighted by Gasteiger charge is 1.94. The normalized spacial score (nSPS) is 10.9. The second kappa shape index (κ2) is 3.88. The van der Waals surface area contributed by atoms with Gasteiger partial charge in [0.25, 0.3) is 0 Å². The first kappa shape index (κ1) is 8.95. The van der Waals surface area contributed by atoms with Gasteiger partial charge in [0.1, 0.15) is 11.6 Å². The van der Waals surface area contributed by atoms with Crippen molar-refractivity contribution < 1.29 is 9.13 Å². The van der Waals surface area contributed by atoms with Crippen LogP contribution in [-0.2, 0) is 4.74 Å². The molecule has 10 heavy (non-hydrogen) atoms. The maximum atomic E-state index is 12.1. The Kier molecular flexibility index (Phi) is 3.47. The van der Waals surface area contributed by atoms with Crippen molar-refractivity contribution >= 4 is 0 Å². The third-order valence-corrected chi connectivity index (χ3v) is 1.06. The second-order valence-electron chi connectivity index (χ2n) is 1.90. The Morgan fingerprint density at radius 3 is 2.30 bits per heavy atom. The van der Waals surface area contributed by atoms with Crippen molar-refractivity contribution in [1.82, 2.24) is 0 Å². The molecule has 0 aliphatic heterocycles. The van der Waals surface area contributed by atoms with Crippen LogP contribution in [0.2, 0.25) is 0 Å². The van der Waals surface area contributed by atoms with E-state index in [1.165, 1.54) is 13.2 Å². The van der Waals surface area contributed by atoms with E-state index in [0.29, 0.717) is 11.3 Å². The molecule has 0 spiro atoms. The van der Waals surface area contributed by atoms with E-state index in [4.69, 9.17) is 4.74 Å². The zero-order valence-electron chi connectivity index (χ0n) is 6.28. The summed E-state index contributed by atoms with van der Waals surface area (Å²) in [6, 6.07) is 0. The Morgan fingerprint density at radius 2 is 2.00 bits per heavy atom. The summed E-state index contributed by atoms with van der Waals surface area (Å²) in [6.07, 6.45) is 1.27. The van der Waals surface area contributed by atoms with Crippen molar-refractivity contribution in [2.24, 2.45) is 0 Å². The first-order valence-corrected chi connectivity index (χ1v) is 2.84. The SMILES string of the molecule is C=C(F)/C=C(/C)C(=C)OC. The van der Waals surface area contributed by atoms with Crippen molar-refractivity contribution in [3.63, 3.8) is 0 Å². The van der Waals surface area contributed by atoms with Crippen molar-refractivity contribution in [3.05, 3.63) is 36.4 Å². The molecule has 0 amide bonds. The van der Waals surface area contributed by atoms with Gasteiger partial charge < -0.3 is 4.74 Å². The molecule has 0 heterocycles. The molecule has 0 aromatic carbocycles. The molecule has 0 radical (unpaired) electrons. The van der Waals surface area contributed by atoms with Gasteiger partial charge in [0.05, 0.1) is 7.11 Å². The lowest BCUT2D eigenvalue weighted by Crippen LogP contribution is -1.85. The van der Waals surface area contributed by atoms with E-state index in [2.05, 4.69) is 13.2 Å². The van der Waals surface area contributed by atoms with Gasteiger partial charge in [-0.15, -0.1) is 0 Å². The number of methoxy groups -OCH3 is 1. The minimum Gasteiger partial charge on any atom is -0.497 e. The summed E-state index contributed by atoms with van der Waals surface area (Å²) in [7, 11) is 1.49. The minimum atomic E-state index is -0.490. The highest BCUT2D eigenvalue weighted by atomic mass is 19.1. The molecular weight excluding hydrogens is 131 g/mol. The van der Waals surface area contributed by atoms with Gasteiger partial charge in [-0.1, -0.05) is 13.2 Å². The summed E-state index contributed by atoms with van der Waals surface area (Å²) in [6.45, 7) is 8.30. The minimum absolute atomic E-state index is 0.457. The summed E-state index contributed by atoms with van der Waals surface area (Å²) >= 11 is 0. The van der Waals surface area contributed by atoms with Crippen LogP contribution in [0.25, 0.3) is 0 Å². The van der Waals surface area contributed by atoms with Crippen molar-refractivity contribution in [2.45, 2.75) is 6.92 Å². The van der Waals surface area contributed by atoms with Crippen molar-refractivity contribution in [2.75, 3.05) is 7.11 Å². The lowest BCUT2D eigenvalue weighted by Gasteiger charge is -2.01. The number of hydrogen-bond donors (Lipinski definition) is 0. The highest BCUT2D eigenvalue weighted by Crippen LogP contribution is 2.09. The van der Waals surface area contributed by atoms with Crippen LogP contribution in [-0.4, -0.2) is 7.11 Å². The van der Waals surface area contributed by atoms with Gasteiger partial charge in [-0.2, -0.15) is 0 Å². The second-order valence-corrected chi connectivity index (χ2v) is 1.90. The van der Waals surface area contributed by atoms with E-state index in [-0.39, 0.29) is 0 Å². The fourth-order valence-electron chi connectivity index (χ4n) is 0.476. The standard InChI is InChI=1S/C8H11FO/c1-6(5-7(2)9)8(3)10-4/h5H,2-3H2,1,4H3/b6-5-. The van der Waals surface area contributed by atoms with Gasteiger partial charge in [0.2, 0.25) is 0 Å². The molecule has 0 saturated carbocycles. The molecule has 0 unspecified atom stereocenters. The van der Waals surface area contributed by atoms with Crippen LogP contribution in [0.15, 0.2) is 36.4 Å². The molecule has 0 fully saturated rings. The molecule has 0 N–H and O–H groups in total. The zero-order chi connectivity index (χ0) is 8.15. The van der Waals surface area contributed by atoms with Gasteiger partial charge in [0, 0.05) is 0 Å². The molecule has 0 aromatic heterocycles. The summed E-state index contributed by atoms with van der Waals surface area (Å²) in [5.41, 5.74) is 0.648. The van der Waals surface area contributed by atoms with E-state index >= 15 is 0 Å². The van der Waals surface area contributed by atoms with Crippen LogP contribution in [0.4, 0.5) is 4.39 Å². The third-order valence-electron chi connectivity index (χ3n) is 1.06. The Morgan fingerprint density at radius 1 is 1.50 bits per heavy atom. The molecule has 1 nitrogen and oxygen atoms in total. The monoisotopic (exact) mass is 142 g/mol. The molecule has 0 aliphatic rings. The van der Waals surface area contributed by atoms with E-state index in [0.717, 1.165) is 0 Å². The average molecular weight is 142 g/mol. The van der Waals surface area contributed by atoms with E-state index in [1.54, 1.807) is 6.92 Å². The Balaban J connectivity index is 4.19. The van der Waals surface area contributed by atoms with Gasteiger partial charge in [-0.3, -0.25) is 0 Å². The predicted octanol–water partition coefficient (Wildman–Crippen LogP) is 2.58. The topological polar surface area (TPSA) is 9.23 Å². The lowest BCUT2D eigenvalue weighted by molar-refractivity contribution is 0.302. The Hall–Kier alpha value is -1.05. The quantitative estimate of drug-likeness (QED) is 0.434. The van der Waals surface area contributed by atoms with Crippen molar-refractivity contribution in [3.8, 4) is 0 Å². The maximum Gasteiger partial charge on any atom is 0.116 e. The highest BCUT2D eigenvalue weighted by molar-refractivity contribution is 5.26. The molecule has 2 heteroatoms. The molecule has 0 aliphatic carbocycles. The first-order valence-electron chi connectivity index (χ1n) is 2.84. The molecule has 0 aromatic rings. The molecule has 0 atom stereocenters. The van der Waals surface area contributed by atoms with Crippen LogP contribution in [0, 0.1) is 0 Å². The largest absolute Gasteiger partial charge is 0.497 e. The molecule has 0 rings (SSSR count). The summed E-state index contributed by atoms with van der Waals surface area (Å²) in [5.74, 6) is -0.0329. The number of ether oxygens (including phenoxy) is 1. The molecule has 0 bridgehead atoms. The van der Waals surface area contributed by atoms with Gasteiger partial charge in [-0.25, -0.2) is 4.39 Å². The van der Waals surface area contributed by atoms with Crippen LogP contribution in [0.3, 0.4) is 0 Å². The summed E-state index contributed by atoms with van der Waals surface area (Å²) in [4.78, 5) is 0. The number of allylic oxidation sites excluding steroid dienone is 3. The molecule has 56 valence electrons. The van der Waals surface area contributed by atoms with Crippen LogP contribution < -0.4 is 0 Å². The fourth-order valence-corrected chi connectivity index (χ4v) is 0.476. The fraction of sp³-hybridized carbons (Fsp3) is 0.250. The average Bonchev–Trinajstić information content (AvgIpc) is 1.85. The zero-order valence-corrected chi connectivity index (χ0v) is 6.28. The Bertz CT molecular complexity index is 180. The maximum absolute atomic E-state index is 12.1. The first-order chi connectivity index (χ1) is 4.57. The van der Waals surface area contributed by atoms with E-state index < -0.39 is 5.83 Å². The lowest BCUT2D eigenvalue weighted by atomic mass is 10.2. The Labute approximate surface area is 60.5 Å². The molecule has 0 saturated heterocycles. The van der Waals surface area contributed by atoms with Crippen LogP contribution in [0.1, 0.15) is 6.92 Å². The summed E-state index contributed by atoms with van der Waals surface area (Å²) < 4.78 is 16.8. The van der Waals surface area contributed by atoms with Crippen LogP contribution >= 0.6 is 0 Å². The smallest absolute Gasteiger partial charge is 0.116 e. The number of halogens is 1. The van der Waals surface area contributed by atoms with Gasteiger partial charge >= 0.3 is 0 Å². The van der Waals surface area contributed by atoms with Gasteiger partial charge in [0.15, 0.2) is 0 Å². The number of hydrogen-bond acceptors (Lipinski definition) is 1.